The molecular weight excluding hydrogens is 516 g/mol. The van der Waals surface area contributed by atoms with Gasteiger partial charge in [0.05, 0.1) is 24.1 Å². The van der Waals surface area contributed by atoms with Crippen LogP contribution in [0.2, 0.25) is 10.0 Å². The van der Waals surface area contributed by atoms with E-state index in [1.807, 2.05) is 0 Å². The summed E-state index contributed by atoms with van der Waals surface area (Å²) in [4.78, 5) is 39.2. The van der Waals surface area contributed by atoms with Crippen LogP contribution in [0.5, 0.6) is 11.5 Å². The molecule has 1 aliphatic heterocycles. The van der Waals surface area contributed by atoms with E-state index in [0.29, 0.717) is 22.3 Å². The molecule has 35 heavy (non-hydrogen) atoms. The van der Waals surface area contributed by atoms with E-state index < -0.39 is 22.9 Å². The Bertz CT molecular complexity index is 1340. The largest absolute Gasteiger partial charge is 0.493 e. The fourth-order valence-corrected chi connectivity index (χ4v) is 4.45. The molecule has 3 aromatic rings. The molecule has 0 radical (unpaired) electrons. The Morgan fingerprint density at radius 2 is 1.77 bits per heavy atom. The highest BCUT2D eigenvalue weighted by atomic mass is 35.5. The van der Waals surface area contributed by atoms with Crippen LogP contribution in [0.1, 0.15) is 21.5 Å². The van der Waals surface area contributed by atoms with Crippen molar-refractivity contribution in [1.29, 1.82) is 0 Å². The number of ether oxygens (including phenoxy) is 2. The topological polar surface area (TPSA) is 72.9 Å². The van der Waals surface area contributed by atoms with Crippen LogP contribution in [0.4, 0.5) is 9.18 Å². The Balaban J connectivity index is 1.64. The molecular formula is C25H16Cl2FNO5S. The highest BCUT2D eigenvalue weighted by molar-refractivity contribution is 8.18. The Kier molecular flexibility index (Phi) is 7.45. The van der Waals surface area contributed by atoms with Crippen molar-refractivity contribution in [3.05, 3.63) is 98.1 Å². The zero-order chi connectivity index (χ0) is 25.1. The molecule has 3 aromatic carbocycles. The molecule has 1 heterocycles. The lowest BCUT2D eigenvalue weighted by Gasteiger charge is -2.14. The van der Waals surface area contributed by atoms with Gasteiger partial charge in [0, 0.05) is 21.2 Å². The molecule has 1 aliphatic rings. The van der Waals surface area contributed by atoms with Crippen LogP contribution in [-0.4, -0.2) is 29.1 Å². The highest BCUT2D eigenvalue weighted by Gasteiger charge is 2.36. The van der Waals surface area contributed by atoms with Gasteiger partial charge in [-0.05, 0) is 60.3 Å². The second-order valence-electron chi connectivity index (χ2n) is 7.24. The molecule has 0 spiro atoms. The van der Waals surface area contributed by atoms with Crippen LogP contribution < -0.4 is 9.47 Å². The molecule has 0 N–H and O–H groups in total. The van der Waals surface area contributed by atoms with Crippen LogP contribution in [-0.2, 0) is 11.3 Å². The van der Waals surface area contributed by atoms with Crippen LogP contribution >= 0.6 is 35.0 Å². The molecule has 0 saturated carbocycles. The van der Waals surface area contributed by atoms with Crippen LogP contribution in [0.15, 0.2) is 65.6 Å². The van der Waals surface area contributed by atoms with Gasteiger partial charge in [-0.3, -0.25) is 14.5 Å². The summed E-state index contributed by atoms with van der Waals surface area (Å²) >= 11 is 12.6. The van der Waals surface area contributed by atoms with Gasteiger partial charge in [0.2, 0.25) is 0 Å². The number of halogens is 3. The van der Waals surface area contributed by atoms with E-state index >= 15 is 0 Å². The van der Waals surface area contributed by atoms with Gasteiger partial charge in [0.1, 0.15) is 5.82 Å². The average molecular weight is 532 g/mol. The molecule has 4 rings (SSSR count). The van der Waals surface area contributed by atoms with E-state index in [9.17, 15) is 18.8 Å². The maximum absolute atomic E-state index is 14.2. The van der Waals surface area contributed by atoms with Crippen LogP contribution in [0.25, 0.3) is 6.08 Å². The summed E-state index contributed by atoms with van der Waals surface area (Å²) in [7, 11) is 1.41. The normalized spacial score (nSPS) is 14.5. The van der Waals surface area contributed by atoms with Gasteiger partial charge in [-0.2, -0.15) is 0 Å². The van der Waals surface area contributed by atoms with Gasteiger partial charge in [-0.15, -0.1) is 0 Å². The van der Waals surface area contributed by atoms with Crippen molar-refractivity contribution >= 4 is 58.2 Å². The van der Waals surface area contributed by atoms with E-state index in [-0.39, 0.29) is 39.1 Å². The number of imide groups is 1. The zero-order valence-electron chi connectivity index (χ0n) is 18.1. The Morgan fingerprint density at radius 1 is 1.06 bits per heavy atom. The van der Waals surface area contributed by atoms with Crippen LogP contribution in [0, 0.1) is 5.82 Å². The molecule has 1 fully saturated rings. The minimum Gasteiger partial charge on any atom is -0.493 e. The molecule has 10 heteroatoms. The monoisotopic (exact) mass is 531 g/mol. The highest BCUT2D eigenvalue weighted by Crippen LogP contribution is 2.38. The fourth-order valence-electron chi connectivity index (χ4n) is 3.27. The Labute approximate surface area is 214 Å². The number of carbonyl (C=O) groups excluding carboxylic acids is 3. The van der Waals surface area contributed by atoms with Crippen molar-refractivity contribution < 1.29 is 28.2 Å². The first-order chi connectivity index (χ1) is 16.8. The van der Waals surface area contributed by atoms with Crippen molar-refractivity contribution in [3.8, 4) is 11.5 Å². The van der Waals surface area contributed by atoms with Gasteiger partial charge in [-0.1, -0.05) is 41.4 Å². The predicted octanol–water partition coefficient (Wildman–Crippen LogP) is 6.60. The number of thioether (sulfide) groups is 1. The number of amides is 2. The zero-order valence-corrected chi connectivity index (χ0v) is 20.4. The third-order valence-electron chi connectivity index (χ3n) is 5.04. The summed E-state index contributed by atoms with van der Waals surface area (Å²) in [6.45, 7) is -0.315. The number of carbonyl (C=O) groups is 3. The van der Waals surface area contributed by atoms with E-state index in [0.717, 1.165) is 4.90 Å². The molecule has 2 amide bonds. The lowest BCUT2D eigenvalue weighted by Crippen LogP contribution is -2.28. The van der Waals surface area contributed by atoms with Gasteiger partial charge in [0.25, 0.3) is 11.1 Å². The molecule has 0 aromatic heterocycles. The Morgan fingerprint density at radius 3 is 2.46 bits per heavy atom. The second-order valence-corrected chi connectivity index (χ2v) is 9.08. The van der Waals surface area contributed by atoms with Crippen molar-refractivity contribution in [3.63, 3.8) is 0 Å². The number of hydrogen-bond acceptors (Lipinski definition) is 6. The standard InChI is InChI=1S/C25H16Cl2FNO5S/c1-33-20-7-2-4-15(22(20)34-24(31)14-8-10-16(26)11-9-14)12-21-23(30)29(25(32)35-21)13-17-18(27)5-3-6-19(17)28/h2-12H,13H2,1H3/b21-12-. The number of nitrogens with zero attached hydrogens (tertiary/aromatic N) is 1. The average Bonchev–Trinajstić information content (AvgIpc) is 3.10. The molecule has 0 unspecified atom stereocenters. The van der Waals surface area contributed by atoms with E-state index in [4.69, 9.17) is 32.7 Å². The number of benzene rings is 3. The van der Waals surface area contributed by atoms with E-state index in [1.54, 1.807) is 30.3 Å². The van der Waals surface area contributed by atoms with Crippen molar-refractivity contribution in [1.82, 2.24) is 4.90 Å². The molecule has 1 saturated heterocycles. The molecule has 0 atom stereocenters. The van der Waals surface area contributed by atoms with Gasteiger partial charge in [0.15, 0.2) is 11.5 Å². The SMILES string of the molecule is COc1cccc(/C=C2\SC(=O)N(Cc3c(F)cccc3Cl)C2=O)c1OC(=O)c1ccc(Cl)cc1. The van der Waals surface area contributed by atoms with E-state index in [2.05, 4.69) is 0 Å². The molecule has 178 valence electrons. The minimum atomic E-state index is -0.664. The summed E-state index contributed by atoms with van der Waals surface area (Å²) in [6, 6.07) is 15.1. The lowest BCUT2D eigenvalue weighted by atomic mass is 10.1. The first kappa shape index (κ1) is 24.8. The van der Waals surface area contributed by atoms with E-state index in [1.165, 1.54) is 43.5 Å². The first-order valence-electron chi connectivity index (χ1n) is 10.1. The maximum Gasteiger partial charge on any atom is 0.343 e. The van der Waals surface area contributed by atoms with Crippen molar-refractivity contribution in [2.24, 2.45) is 0 Å². The van der Waals surface area contributed by atoms with Gasteiger partial charge in [-0.25, -0.2) is 9.18 Å². The lowest BCUT2D eigenvalue weighted by molar-refractivity contribution is -0.123. The molecule has 0 bridgehead atoms. The number of para-hydroxylation sites is 1. The third kappa shape index (κ3) is 5.35. The number of methoxy groups -OCH3 is 1. The number of hydrogen-bond donors (Lipinski definition) is 0. The summed E-state index contributed by atoms with van der Waals surface area (Å²) in [6.07, 6.45) is 1.42. The summed E-state index contributed by atoms with van der Waals surface area (Å²) in [5.41, 5.74) is 0.631. The van der Waals surface area contributed by atoms with Crippen LogP contribution in [0.3, 0.4) is 0 Å². The summed E-state index contributed by atoms with van der Waals surface area (Å²) < 4.78 is 25.1. The third-order valence-corrected chi connectivity index (χ3v) is 6.56. The van der Waals surface area contributed by atoms with Crippen molar-refractivity contribution in [2.75, 3.05) is 7.11 Å². The second kappa shape index (κ2) is 10.5. The maximum atomic E-state index is 14.2. The quantitative estimate of drug-likeness (QED) is 0.203. The smallest absolute Gasteiger partial charge is 0.343 e. The predicted molar refractivity (Wildman–Crippen MR) is 132 cm³/mol. The molecule has 0 aliphatic carbocycles. The summed E-state index contributed by atoms with van der Waals surface area (Å²) in [5.74, 6) is -1.60. The Hall–Kier alpha value is -3.33. The molecule has 6 nitrogen and oxygen atoms in total. The number of rotatable bonds is 6. The minimum absolute atomic E-state index is 0.0386. The number of esters is 1. The van der Waals surface area contributed by atoms with Crippen molar-refractivity contribution in [2.45, 2.75) is 6.54 Å². The van der Waals surface area contributed by atoms with Gasteiger partial charge < -0.3 is 9.47 Å². The first-order valence-corrected chi connectivity index (χ1v) is 11.7. The fraction of sp³-hybridized carbons (Fsp3) is 0.0800. The van der Waals surface area contributed by atoms with Gasteiger partial charge >= 0.3 is 5.97 Å². The summed E-state index contributed by atoms with van der Waals surface area (Å²) in [5, 5.41) is -0.00711.